The van der Waals surface area contributed by atoms with Crippen molar-refractivity contribution in [2.45, 2.75) is 38.2 Å². The second-order valence-electron chi connectivity index (χ2n) is 3.08. The van der Waals surface area contributed by atoms with Crippen LogP contribution < -0.4 is 11.3 Å². The maximum atomic E-state index is 5.48. The van der Waals surface area contributed by atoms with Crippen molar-refractivity contribution < 1.29 is 4.74 Å². The van der Waals surface area contributed by atoms with Crippen LogP contribution in [0.2, 0.25) is 0 Å². The van der Waals surface area contributed by atoms with E-state index in [4.69, 9.17) is 10.6 Å². The van der Waals surface area contributed by atoms with Gasteiger partial charge in [0.2, 0.25) is 0 Å². The summed E-state index contributed by atoms with van der Waals surface area (Å²) in [6, 6.07) is 0. The summed E-state index contributed by atoms with van der Waals surface area (Å²) in [7, 11) is 0. The minimum absolute atomic E-state index is 0.549. The molecule has 1 atom stereocenters. The molecule has 1 saturated heterocycles. The van der Waals surface area contributed by atoms with Crippen molar-refractivity contribution >= 4 is 0 Å². The minimum Gasteiger partial charge on any atom is -0.378 e. The fourth-order valence-electron chi connectivity index (χ4n) is 1.47. The van der Waals surface area contributed by atoms with Crippen LogP contribution in [0.3, 0.4) is 0 Å². The van der Waals surface area contributed by atoms with E-state index >= 15 is 0 Å². The topological polar surface area (TPSA) is 47.3 Å². The Balaban J connectivity index is 1.86. The monoisotopic (exact) mass is 158 g/mol. The third kappa shape index (κ3) is 3.70. The molecule has 3 heteroatoms. The van der Waals surface area contributed by atoms with Crippen molar-refractivity contribution in [3.05, 3.63) is 0 Å². The number of nitrogens with one attached hydrogen (secondary N) is 1. The smallest absolute Gasteiger partial charge is 0.0576 e. The lowest BCUT2D eigenvalue weighted by Crippen LogP contribution is -2.23. The zero-order chi connectivity index (χ0) is 7.94. The van der Waals surface area contributed by atoms with E-state index in [0.717, 1.165) is 19.6 Å². The van der Waals surface area contributed by atoms with E-state index in [0.29, 0.717) is 6.10 Å². The van der Waals surface area contributed by atoms with Crippen LogP contribution in [-0.2, 0) is 4.74 Å². The third-order valence-corrected chi connectivity index (χ3v) is 2.12. The molecule has 3 nitrogen and oxygen atoms in total. The first kappa shape index (κ1) is 8.97. The molecule has 1 heterocycles. The highest BCUT2D eigenvalue weighted by Gasteiger charge is 2.13. The second kappa shape index (κ2) is 5.52. The molecule has 1 fully saturated rings. The van der Waals surface area contributed by atoms with Gasteiger partial charge in [-0.3, -0.25) is 11.3 Å². The zero-order valence-corrected chi connectivity index (χ0v) is 7.01. The Labute approximate surface area is 68.3 Å². The van der Waals surface area contributed by atoms with E-state index in [9.17, 15) is 0 Å². The molecule has 1 rings (SSSR count). The Hall–Kier alpha value is -0.120. The van der Waals surface area contributed by atoms with Gasteiger partial charge in [0.05, 0.1) is 6.10 Å². The van der Waals surface area contributed by atoms with E-state index in [1.807, 2.05) is 0 Å². The highest BCUT2D eigenvalue weighted by Crippen LogP contribution is 2.17. The van der Waals surface area contributed by atoms with Gasteiger partial charge in [0.25, 0.3) is 0 Å². The number of hydrazine groups is 1. The summed E-state index contributed by atoms with van der Waals surface area (Å²) >= 11 is 0. The average Bonchev–Trinajstić information content (AvgIpc) is 2.50. The molecule has 1 aliphatic rings. The molecule has 3 N–H and O–H groups in total. The SMILES string of the molecule is NNCCCCC1CCCO1. The van der Waals surface area contributed by atoms with E-state index in [1.54, 1.807) is 0 Å². The first-order valence-electron chi connectivity index (χ1n) is 4.48. The Morgan fingerprint density at radius 1 is 1.45 bits per heavy atom. The van der Waals surface area contributed by atoms with Crippen LogP contribution in [0.25, 0.3) is 0 Å². The van der Waals surface area contributed by atoms with Gasteiger partial charge in [-0.2, -0.15) is 0 Å². The molecule has 0 radical (unpaired) electrons. The predicted octanol–water partition coefficient (Wildman–Crippen LogP) is 0.799. The summed E-state index contributed by atoms with van der Waals surface area (Å²) < 4.78 is 5.48. The van der Waals surface area contributed by atoms with Gasteiger partial charge in [0.1, 0.15) is 0 Å². The van der Waals surface area contributed by atoms with Crippen LogP contribution in [0.4, 0.5) is 0 Å². The maximum Gasteiger partial charge on any atom is 0.0576 e. The van der Waals surface area contributed by atoms with Gasteiger partial charge in [0.15, 0.2) is 0 Å². The average molecular weight is 158 g/mol. The van der Waals surface area contributed by atoms with Crippen LogP contribution in [0.5, 0.6) is 0 Å². The molecule has 1 aliphatic heterocycles. The Bertz CT molecular complexity index is 92.1. The van der Waals surface area contributed by atoms with Crippen LogP contribution >= 0.6 is 0 Å². The molecule has 0 aromatic carbocycles. The van der Waals surface area contributed by atoms with Gasteiger partial charge in [-0.1, -0.05) is 0 Å². The summed E-state index contributed by atoms with van der Waals surface area (Å²) in [5.41, 5.74) is 2.65. The fraction of sp³-hybridized carbons (Fsp3) is 1.00. The van der Waals surface area contributed by atoms with Gasteiger partial charge in [0, 0.05) is 13.2 Å². The largest absolute Gasteiger partial charge is 0.378 e. The summed E-state index contributed by atoms with van der Waals surface area (Å²) in [4.78, 5) is 0. The Kier molecular flexibility index (Phi) is 4.50. The predicted molar refractivity (Wildman–Crippen MR) is 45.0 cm³/mol. The normalized spacial score (nSPS) is 24.3. The van der Waals surface area contributed by atoms with Gasteiger partial charge < -0.3 is 4.74 Å². The lowest BCUT2D eigenvalue weighted by molar-refractivity contribution is 0.102. The Morgan fingerprint density at radius 3 is 3.00 bits per heavy atom. The van der Waals surface area contributed by atoms with Crippen LogP contribution in [0.15, 0.2) is 0 Å². The molecule has 0 aromatic rings. The van der Waals surface area contributed by atoms with Gasteiger partial charge in [-0.05, 0) is 32.1 Å². The van der Waals surface area contributed by atoms with E-state index in [2.05, 4.69) is 5.43 Å². The first-order chi connectivity index (χ1) is 5.43. The lowest BCUT2D eigenvalue weighted by atomic mass is 10.1. The van der Waals surface area contributed by atoms with Crippen molar-refractivity contribution in [1.29, 1.82) is 0 Å². The van der Waals surface area contributed by atoms with E-state index in [-0.39, 0.29) is 0 Å². The van der Waals surface area contributed by atoms with Crippen molar-refractivity contribution in [3.63, 3.8) is 0 Å². The summed E-state index contributed by atoms with van der Waals surface area (Å²) in [5.74, 6) is 5.14. The van der Waals surface area contributed by atoms with Crippen LogP contribution in [0, 0.1) is 0 Å². The number of ether oxygens (including phenoxy) is 1. The molecule has 0 aromatic heterocycles. The van der Waals surface area contributed by atoms with Crippen molar-refractivity contribution in [2.75, 3.05) is 13.2 Å². The minimum atomic E-state index is 0.549. The fourth-order valence-corrected chi connectivity index (χ4v) is 1.47. The number of hydrogen-bond acceptors (Lipinski definition) is 3. The molecular weight excluding hydrogens is 140 g/mol. The summed E-state index contributed by atoms with van der Waals surface area (Å²) in [5, 5.41) is 0. The van der Waals surface area contributed by atoms with Crippen molar-refractivity contribution in [1.82, 2.24) is 5.43 Å². The highest BCUT2D eigenvalue weighted by molar-refractivity contribution is 4.64. The lowest BCUT2D eigenvalue weighted by Gasteiger charge is -2.07. The number of unbranched alkanes of at least 4 members (excludes halogenated alkanes) is 1. The third-order valence-electron chi connectivity index (χ3n) is 2.12. The summed E-state index contributed by atoms with van der Waals surface area (Å²) in [6.07, 6.45) is 6.66. The van der Waals surface area contributed by atoms with Crippen molar-refractivity contribution in [3.8, 4) is 0 Å². The second-order valence-corrected chi connectivity index (χ2v) is 3.08. The van der Waals surface area contributed by atoms with Gasteiger partial charge in [-0.25, -0.2) is 0 Å². The number of hydrogen-bond donors (Lipinski definition) is 2. The summed E-state index contributed by atoms with van der Waals surface area (Å²) in [6.45, 7) is 1.90. The molecular formula is C8H18N2O. The zero-order valence-electron chi connectivity index (χ0n) is 7.01. The molecule has 11 heavy (non-hydrogen) atoms. The molecule has 1 unspecified atom stereocenters. The van der Waals surface area contributed by atoms with Gasteiger partial charge >= 0.3 is 0 Å². The highest BCUT2D eigenvalue weighted by atomic mass is 16.5. The molecule has 0 aliphatic carbocycles. The standard InChI is InChI=1S/C8H18N2O/c9-10-6-2-1-4-8-5-3-7-11-8/h8,10H,1-7,9H2. The van der Waals surface area contributed by atoms with Crippen LogP contribution in [-0.4, -0.2) is 19.3 Å². The van der Waals surface area contributed by atoms with Crippen molar-refractivity contribution in [2.24, 2.45) is 5.84 Å². The molecule has 0 bridgehead atoms. The molecule has 66 valence electrons. The first-order valence-corrected chi connectivity index (χ1v) is 4.48. The Morgan fingerprint density at radius 2 is 2.36 bits per heavy atom. The molecule has 0 amide bonds. The molecule has 0 spiro atoms. The molecule has 0 saturated carbocycles. The van der Waals surface area contributed by atoms with Gasteiger partial charge in [-0.15, -0.1) is 0 Å². The number of rotatable bonds is 5. The maximum absolute atomic E-state index is 5.48. The quantitative estimate of drug-likeness (QED) is 0.353. The number of nitrogens with two attached hydrogens (primary N) is 1. The van der Waals surface area contributed by atoms with E-state index in [1.165, 1.54) is 25.7 Å². The van der Waals surface area contributed by atoms with E-state index < -0.39 is 0 Å². The van der Waals surface area contributed by atoms with Crippen LogP contribution in [0.1, 0.15) is 32.1 Å².